The first-order valence-electron chi connectivity index (χ1n) is 9.71. The molecule has 5 N–H and O–H groups in total. The molecule has 2 saturated heterocycles. The van der Waals surface area contributed by atoms with Crippen LogP contribution in [0.3, 0.4) is 0 Å². The Morgan fingerprint density at radius 1 is 1.03 bits per heavy atom. The number of nitrogens with zero attached hydrogens (tertiary/aromatic N) is 3. The molecule has 2 aliphatic rings. The second-order valence-electron chi connectivity index (χ2n) is 7.32. The number of ether oxygens (including phenoxy) is 1. The molecule has 12 heteroatoms. The Hall–Kier alpha value is -1.47. The second kappa shape index (κ2) is 9.18. The van der Waals surface area contributed by atoms with Crippen molar-refractivity contribution in [3.63, 3.8) is 0 Å². The molecule has 0 bridgehead atoms. The molecule has 0 aliphatic carbocycles. The van der Waals surface area contributed by atoms with E-state index in [0.717, 1.165) is 5.56 Å². The van der Waals surface area contributed by atoms with Crippen molar-refractivity contribution in [2.24, 2.45) is 11.5 Å². The Morgan fingerprint density at radius 3 is 2.26 bits per heavy atom. The molecule has 2 atom stereocenters. The lowest BCUT2D eigenvalue weighted by Gasteiger charge is -2.27. The minimum Gasteiger partial charge on any atom is -0.379 e. The summed E-state index contributed by atoms with van der Waals surface area (Å²) in [5.74, 6) is 0. The number of benzene rings is 2. The summed E-state index contributed by atoms with van der Waals surface area (Å²) >= 11 is 12.2. The van der Waals surface area contributed by atoms with Gasteiger partial charge in [-0.2, -0.15) is 4.31 Å². The highest BCUT2D eigenvalue weighted by Crippen LogP contribution is 2.28. The van der Waals surface area contributed by atoms with Crippen LogP contribution in [0.4, 0.5) is 5.69 Å². The third-order valence-corrected chi connectivity index (χ3v) is 7.60. The maximum Gasteiger partial charge on any atom is 0.243 e. The molecule has 2 aromatic rings. The Morgan fingerprint density at radius 2 is 1.65 bits per heavy atom. The summed E-state index contributed by atoms with van der Waals surface area (Å²) in [5, 5.41) is 2.67. The first-order valence-corrected chi connectivity index (χ1v) is 11.9. The van der Waals surface area contributed by atoms with Gasteiger partial charge in [0.2, 0.25) is 10.0 Å². The highest BCUT2D eigenvalue weighted by molar-refractivity contribution is 7.89. The second-order valence-corrected chi connectivity index (χ2v) is 10.1. The van der Waals surface area contributed by atoms with Crippen LogP contribution in [0.5, 0.6) is 0 Å². The zero-order chi connectivity index (χ0) is 22.2. The van der Waals surface area contributed by atoms with Gasteiger partial charge in [-0.1, -0.05) is 35.3 Å². The van der Waals surface area contributed by atoms with Gasteiger partial charge in [0.05, 0.1) is 23.8 Å². The molecule has 0 aromatic heterocycles. The fourth-order valence-corrected chi connectivity index (χ4v) is 5.54. The van der Waals surface area contributed by atoms with Crippen molar-refractivity contribution in [2.75, 3.05) is 31.3 Å². The van der Waals surface area contributed by atoms with Crippen molar-refractivity contribution >= 4 is 38.9 Å². The van der Waals surface area contributed by atoms with Crippen molar-refractivity contribution in [1.29, 1.82) is 0 Å². The highest BCUT2D eigenvalue weighted by atomic mass is 35.5. The van der Waals surface area contributed by atoms with Crippen LogP contribution in [0.1, 0.15) is 5.56 Å². The van der Waals surface area contributed by atoms with E-state index in [1.165, 1.54) is 4.31 Å². The summed E-state index contributed by atoms with van der Waals surface area (Å²) in [6, 6.07) is 11.9. The van der Waals surface area contributed by atoms with Gasteiger partial charge in [0.15, 0.2) is 6.29 Å². The summed E-state index contributed by atoms with van der Waals surface area (Å²) in [7, 11) is -3.54. The lowest BCUT2D eigenvalue weighted by molar-refractivity contribution is 0.0730. The average molecular weight is 487 g/mol. The van der Waals surface area contributed by atoms with Crippen LogP contribution >= 0.6 is 23.2 Å². The van der Waals surface area contributed by atoms with E-state index in [1.807, 2.05) is 4.90 Å². The topological polar surface area (TPSA) is 117 Å². The summed E-state index contributed by atoms with van der Waals surface area (Å²) in [6.07, 6.45) is -1.13. The number of sulfonamides is 1. The number of anilines is 1. The lowest BCUT2D eigenvalue weighted by atomic mass is 10.2. The Balaban J connectivity index is 1.47. The molecular formula is C19H24Cl2N6O3S. The van der Waals surface area contributed by atoms with Crippen LogP contribution in [0.25, 0.3) is 0 Å². The van der Waals surface area contributed by atoms with Gasteiger partial charge in [-0.05, 0) is 35.9 Å². The van der Waals surface area contributed by atoms with E-state index in [4.69, 9.17) is 39.4 Å². The standard InChI is InChI=1S/C19H24Cl2N6O3S/c20-14-9-15(21)11-16(10-14)27-19(23)26(18(22)24-27)12-13-1-3-17(4-2-13)31(28,29)25-5-7-30-8-6-25/h1-4,9-11,18-19,24H,5-8,12,22-23H2. The third-order valence-electron chi connectivity index (χ3n) is 5.25. The molecular weight excluding hydrogens is 463 g/mol. The maximum absolute atomic E-state index is 12.8. The van der Waals surface area contributed by atoms with E-state index < -0.39 is 22.6 Å². The minimum absolute atomic E-state index is 0.251. The highest BCUT2D eigenvalue weighted by Gasteiger charge is 2.35. The molecule has 2 aromatic carbocycles. The lowest BCUT2D eigenvalue weighted by Crippen LogP contribution is -2.48. The van der Waals surface area contributed by atoms with Gasteiger partial charge in [-0.25, -0.2) is 18.7 Å². The van der Waals surface area contributed by atoms with Crippen LogP contribution in [-0.4, -0.2) is 56.5 Å². The number of hydrazine groups is 1. The van der Waals surface area contributed by atoms with Crippen molar-refractivity contribution < 1.29 is 13.2 Å². The molecule has 168 valence electrons. The third kappa shape index (κ3) is 4.82. The number of rotatable bonds is 5. The predicted molar refractivity (Wildman–Crippen MR) is 120 cm³/mol. The molecule has 4 rings (SSSR count). The fraction of sp³-hybridized carbons (Fsp3) is 0.368. The Labute approximate surface area is 191 Å². The molecule has 2 heterocycles. The van der Waals surface area contributed by atoms with E-state index in [9.17, 15) is 8.42 Å². The van der Waals surface area contributed by atoms with Gasteiger partial charge in [0.1, 0.15) is 6.29 Å². The van der Waals surface area contributed by atoms with Gasteiger partial charge >= 0.3 is 0 Å². The first-order chi connectivity index (χ1) is 14.8. The van der Waals surface area contributed by atoms with E-state index in [2.05, 4.69) is 5.43 Å². The van der Waals surface area contributed by atoms with Crippen LogP contribution in [-0.2, 0) is 21.3 Å². The summed E-state index contributed by atoms with van der Waals surface area (Å²) in [4.78, 5) is 2.09. The molecule has 0 amide bonds. The Kier molecular flexibility index (Phi) is 6.73. The van der Waals surface area contributed by atoms with Crippen molar-refractivity contribution in [1.82, 2.24) is 14.6 Å². The van der Waals surface area contributed by atoms with E-state index in [-0.39, 0.29) is 4.90 Å². The number of hydrogen-bond donors (Lipinski definition) is 3. The van der Waals surface area contributed by atoms with Gasteiger partial charge in [0, 0.05) is 29.7 Å². The minimum atomic E-state index is -3.54. The largest absolute Gasteiger partial charge is 0.379 e. The molecule has 2 aliphatic heterocycles. The fourth-order valence-electron chi connectivity index (χ4n) is 3.62. The monoisotopic (exact) mass is 486 g/mol. The van der Waals surface area contributed by atoms with E-state index in [1.54, 1.807) is 47.5 Å². The molecule has 0 radical (unpaired) electrons. The summed E-state index contributed by atoms with van der Waals surface area (Å²) < 4.78 is 32.2. The number of morpholine rings is 1. The van der Waals surface area contributed by atoms with Gasteiger partial charge < -0.3 is 10.5 Å². The van der Waals surface area contributed by atoms with Gasteiger partial charge in [0.25, 0.3) is 0 Å². The summed E-state index contributed by atoms with van der Waals surface area (Å²) in [6.45, 7) is 1.94. The molecule has 31 heavy (non-hydrogen) atoms. The van der Waals surface area contributed by atoms with Crippen LogP contribution in [0, 0.1) is 0 Å². The molecule has 9 nitrogen and oxygen atoms in total. The number of nitrogens with two attached hydrogens (primary N) is 2. The number of halogens is 2. The molecule has 2 fully saturated rings. The summed E-state index contributed by atoms with van der Waals surface area (Å²) in [5.41, 5.74) is 17.3. The van der Waals surface area contributed by atoms with Crippen LogP contribution in [0.2, 0.25) is 10.0 Å². The van der Waals surface area contributed by atoms with Gasteiger partial charge in [-0.15, -0.1) is 0 Å². The Bertz CT molecular complexity index is 1010. The maximum atomic E-state index is 12.8. The van der Waals surface area contributed by atoms with E-state index >= 15 is 0 Å². The number of hydrogen-bond acceptors (Lipinski definition) is 8. The molecule has 2 unspecified atom stereocenters. The number of nitrogens with one attached hydrogen (secondary N) is 1. The van der Waals surface area contributed by atoms with Crippen molar-refractivity contribution in [2.45, 2.75) is 24.0 Å². The van der Waals surface area contributed by atoms with Crippen molar-refractivity contribution in [3.05, 3.63) is 58.1 Å². The van der Waals surface area contributed by atoms with E-state index in [0.29, 0.717) is 48.6 Å². The quantitative estimate of drug-likeness (QED) is 0.579. The average Bonchev–Trinajstić information content (AvgIpc) is 3.02. The van der Waals surface area contributed by atoms with Crippen molar-refractivity contribution in [3.8, 4) is 0 Å². The van der Waals surface area contributed by atoms with Gasteiger partial charge in [-0.3, -0.25) is 10.7 Å². The normalized spacial score (nSPS) is 23.4. The smallest absolute Gasteiger partial charge is 0.243 e. The first kappa shape index (κ1) is 22.7. The molecule has 0 spiro atoms. The zero-order valence-electron chi connectivity index (χ0n) is 16.6. The zero-order valence-corrected chi connectivity index (χ0v) is 18.9. The SMILES string of the molecule is NC1NN(c2cc(Cl)cc(Cl)c2)C(N)N1Cc1ccc(S(=O)(=O)N2CCOCC2)cc1. The van der Waals surface area contributed by atoms with Crippen LogP contribution in [0.15, 0.2) is 47.4 Å². The molecule has 0 saturated carbocycles. The van der Waals surface area contributed by atoms with Crippen LogP contribution < -0.4 is 21.9 Å². The predicted octanol–water partition coefficient (Wildman–Crippen LogP) is 1.33.